The number of hydrogen-bond acceptors (Lipinski definition) is 5. The average molecular weight is 333 g/mol. The maximum atomic E-state index is 12.3. The highest BCUT2D eigenvalue weighted by Gasteiger charge is 2.15. The van der Waals surface area contributed by atoms with Gasteiger partial charge in [0.05, 0.1) is 19.8 Å². The van der Waals surface area contributed by atoms with Gasteiger partial charge >= 0.3 is 5.97 Å². The van der Waals surface area contributed by atoms with Gasteiger partial charge < -0.3 is 14.8 Å². The van der Waals surface area contributed by atoms with Crippen molar-refractivity contribution in [3.63, 3.8) is 0 Å². The first kappa shape index (κ1) is 17.6. The minimum atomic E-state index is -1.02. The molecule has 1 N–H and O–H groups in total. The molecule has 0 saturated carbocycles. The molecule has 2 aromatic rings. The van der Waals surface area contributed by atoms with Gasteiger partial charge in [-0.05, 0) is 36.2 Å². The van der Waals surface area contributed by atoms with Gasteiger partial charge in [0, 0.05) is 28.4 Å². The third kappa shape index (κ3) is 3.95. The van der Waals surface area contributed by atoms with E-state index in [4.69, 9.17) is 9.47 Å². The van der Waals surface area contributed by atoms with E-state index in [-0.39, 0.29) is 5.56 Å². The lowest BCUT2D eigenvalue weighted by molar-refractivity contribution is -0.0787. The summed E-state index contributed by atoms with van der Waals surface area (Å²) < 4.78 is 22.8. The SMILES string of the molecule is CCc1ccc(NCc2ccc(OC)cc2OC)c(C(=O)OF)c1. The fraction of sp³-hybridized carbons (Fsp3) is 0.278. The lowest BCUT2D eigenvalue weighted by Crippen LogP contribution is -2.08. The van der Waals surface area contributed by atoms with E-state index in [1.54, 1.807) is 32.4 Å². The summed E-state index contributed by atoms with van der Waals surface area (Å²) in [4.78, 5) is 15.0. The number of benzene rings is 2. The lowest BCUT2D eigenvalue weighted by Gasteiger charge is -2.14. The number of hydrogen-bond donors (Lipinski definition) is 1. The van der Waals surface area contributed by atoms with Crippen LogP contribution in [-0.2, 0) is 17.9 Å². The first-order valence-corrected chi connectivity index (χ1v) is 7.53. The van der Waals surface area contributed by atoms with Gasteiger partial charge in [0.1, 0.15) is 11.5 Å². The van der Waals surface area contributed by atoms with E-state index in [9.17, 15) is 9.32 Å². The maximum absolute atomic E-state index is 12.3. The number of rotatable bonds is 7. The number of ether oxygens (including phenoxy) is 2. The van der Waals surface area contributed by atoms with Crippen molar-refractivity contribution < 1.29 is 23.7 Å². The highest BCUT2D eigenvalue weighted by molar-refractivity contribution is 5.95. The van der Waals surface area contributed by atoms with Crippen LogP contribution in [0.25, 0.3) is 0 Å². The summed E-state index contributed by atoms with van der Waals surface area (Å²) in [6.45, 7) is 2.35. The molecule has 2 rings (SSSR count). The predicted molar refractivity (Wildman–Crippen MR) is 89.2 cm³/mol. The van der Waals surface area contributed by atoms with Crippen LogP contribution < -0.4 is 14.8 Å². The zero-order valence-corrected chi connectivity index (χ0v) is 13.9. The summed E-state index contributed by atoms with van der Waals surface area (Å²) in [5.41, 5.74) is 2.44. The van der Waals surface area contributed by atoms with E-state index in [0.717, 1.165) is 17.5 Å². The van der Waals surface area contributed by atoms with Gasteiger partial charge in [-0.2, -0.15) is 0 Å². The van der Waals surface area contributed by atoms with Crippen molar-refractivity contribution in [2.75, 3.05) is 19.5 Å². The molecular weight excluding hydrogens is 313 g/mol. The zero-order chi connectivity index (χ0) is 17.5. The Bertz CT molecular complexity index is 718. The molecular formula is C18H20FNO4. The number of aryl methyl sites for hydroxylation is 1. The monoisotopic (exact) mass is 333 g/mol. The Hall–Kier alpha value is -2.76. The average Bonchev–Trinajstić information content (AvgIpc) is 2.65. The molecule has 0 fully saturated rings. The third-order valence-electron chi connectivity index (χ3n) is 3.75. The molecule has 2 aromatic carbocycles. The fourth-order valence-electron chi connectivity index (χ4n) is 2.36. The Kier molecular flexibility index (Phi) is 6.01. The second kappa shape index (κ2) is 8.19. The topological polar surface area (TPSA) is 56.8 Å². The standard InChI is InChI=1S/C18H20FNO4/c1-4-12-5-8-16(15(9-12)18(21)24-19)20-11-13-6-7-14(22-2)10-17(13)23-3/h5-10,20H,4,11H2,1-3H3. The Morgan fingerprint density at radius 1 is 1.12 bits per heavy atom. The van der Waals surface area contributed by atoms with Crippen LogP contribution in [0, 0.1) is 0 Å². The second-order valence-electron chi connectivity index (χ2n) is 5.13. The lowest BCUT2D eigenvalue weighted by atomic mass is 10.1. The highest BCUT2D eigenvalue weighted by Crippen LogP contribution is 2.26. The van der Waals surface area contributed by atoms with Gasteiger partial charge in [0.2, 0.25) is 0 Å². The van der Waals surface area contributed by atoms with Gasteiger partial charge in [0.25, 0.3) is 0 Å². The minimum Gasteiger partial charge on any atom is -0.497 e. The molecule has 0 radical (unpaired) electrons. The summed E-state index contributed by atoms with van der Waals surface area (Å²) in [6, 6.07) is 10.7. The minimum absolute atomic E-state index is 0.157. The summed E-state index contributed by atoms with van der Waals surface area (Å²) >= 11 is 0. The molecule has 0 amide bonds. The molecule has 0 unspecified atom stereocenters. The van der Waals surface area contributed by atoms with Crippen LogP contribution >= 0.6 is 0 Å². The molecule has 6 heteroatoms. The van der Waals surface area contributed by atoms with Crippen LogP contribution in [0.4, 0.5) is 10.2 Å². The van der Waals surface area contributed by atoms with Crippen LogP contribution in [0.5, 0.6) is 11.5 Å². The number of methoxy groups -OCH3 is 2. The number of nitrogens with one attached hydrogen (secondary N) is 1. The zero-order valence-electron chi connectivity index (χ0n) is 13.9. The highest BCUT2D eigenvalue weighted by atomic mass is 19.3. The van der Waals surface area contributed by atoms with Gasteiger partial charge in [-0.1, -0.05) is 13.0 Å². The summed E-state index contributed by atoms with van der Waals surface area (Å²) in [6.07, 6.45) is 0.735. The number of halogens is 1. The number of carbonyl (C=O) groups is 1. The maximum Gasteiger partial charge on any atom is 0.381 e. The van der Waals surface area contributed by atoms with Gasteiger partial charge in [-0.3, -0.25) is 0 Å². The molecule has 0 bridgehead atoms. The molecule has 128 valence electrons. The van der Waals surface area contributed by atoms with E-state index in [0.29, 0.717) is 23.7 Å². The van der Waals surface area contributed by atoms with Crippen molar-refractivity contribution in [3.8, 4) is 11.5 Å². The van der Waals surface area contributed by atoms with Crippen molar-refractivity contribution in [1.29, 1.82) is 0 Å². The Morgan fingerprint density at radius 2 is 1.92 bits per heavy atom. The van der Waals surface area contributed by atoms with E-state index < -0.39 is 5.97 Å². The van der Waals surface area contributed by atoms with Gasteiger partial charge in [-0.15, -0.1) is 0 Å². The van der Waals surface area contributed by atoms with Crippen LogP contribution in [0.1, 0.15) is 28.4 Å². The van der Waals surface area contributed by atoms with Crippen molar-refractivity contribution in [2.24, 2.45) is 0 Å². The van der Waals surface area contributed by atoms with Gasteiger partial charge in [0.15, 0.2) is 0 Å². The molecule has 0 heterocycles. The molecule has 0 aliphatic rings. The van der Waals surface area contributed by atoms with Crippen LogP contribution in [0.3, 0.4) is 0 Å². The number of anilines is 1. The second-order valence-corrected chi connectivity index (χ2v) is 5.13. The number of carbonyl (C=O) groups excluding carboxylic acids is 1. The van der Waals surface area contributed by atoms with Gasteiger partial charge in [-0.25, -0.2) is 9.74 Å². The molecule has 0 aliphatic heterocycles. The quantitative estimate of drug-likeness (QED) is 0.832. The molecule has 0 atom stereocenters. The summed E-state index contributed by atoms with van der Waals surface area (Å²) in [7, 11) is 3.15. The Balaban J connectivity index is 2.24. The molecule has 5 nitrogen and oxygen atoms in total. The molecule has 0 spiro atoms. The van der Waals surface area contributed by atoms with Crippen LogP contribution in [0.2, 0.25) is 0 Å². The molecule has 0 aromatic heterocycles. The van der Waals surface area contributed by atoms with Crippen molar-refractivity contribution in [3.05, 3.63) is 53.1 Å². The molecule has 0 saturated heterocycles. The first-order valence-electron chi connectivity index (χ1n) is 7.53. The van der Waals surface area contributed by atoms with Crippen LogP contribution in [0.15, 0.2) is 36.4 Å². The molecule has 24 heavy (non-hydrogen) atoms. The Labute approximate surface area is 140 Å². The van der Waals surface area contributed by atoms with E-state index in [2.05, 4.69) is 10.3 Å². The molecule has 0 aliphatic carbocycles. The predicted octanol–water partition coefficient (Wildman–Crippen LogP) is 3.92. The Morgan fingerprint density at radius 3 is 2.54 bits per heavy atom. The van der Waals surface area contributed by atoms with E-state index >= 15 is 0 Å². The van der Waals surface area contributed by atoms with Crippen molar-refractivity contribution in [1.82, 2.24) is 0 Å². The largest absolute Gasteiger partial charge is 0.497 e. The fourth-order valence-corrected chi connectivity index (χ4v) is 2.36. The van der Waals surface area contributed by atoms with E-state index in [1.165, 1.54) is 0 Å². The van der Waals surface area contributed by atoms with E-state index in [1.807, 2.05) is 25.1 Å². The first-order chi connectivity index (χ1) is 11.6. The van der Waals surface area contributed by atoms with Crippen LogP contribution in [-0.4, -0.2) is 20.2 Å². The summed E-state index contributed by atoms with van der Waals surface area (Å²) in [5, 5.41) is 3.12. The normalized spacial score (nSPS) is 10.2. The smallest absolute Gasteiger partial charge is 0.381 e. The van der Waals surface area contributed by atoms with Crippen molar-refractivity contribution in [2.45, 2.75) is 19.9 Å². The summed E-state index contributed by atoms with van der Waals surface area (Å²) in [5.74, 6) is 0.320. The third-order valence-corrected chi connectivity index (χ3v) is 3.75. The van der Waals surface area contributed by atoms with Crippen molar-refractivity contribution >= 4 is 11.7 Å².